The van der Waals surface area contributed by atoms with Crippen LogP contribution >= 0.6 is 11.8 Å². The molecule has 162 valence electrons. The van der Waals surface area contributed by atoms with Gasteiger partial charge in [0.15, 0.2) is 0 Å². The molecule has 1 unspecified atom stereocenters. The van der Waals surface area contributed by atoms with Crippen molar-refractivity contribution in [3.05, 3.63) is 42.0 Å². The first-order valence-corrected chi connectivity index (χ1v) is 11.3. The number of rotatable bonds is 12. The van der Waals surface area contributed by atoms with E-state index in [-0.39, 0.29) is 25.1 Å². The van der Waals surface area contributed by atoms with Gasteiger partial charge in [-0.2, -0.15) is 11.8 Å². The fourth-order valence-corrected chi connectivity index (χ4v) is 3.68. The summed E-state index contributed by atoms with van der Waals surface area (Å²) < 4.78 is 10.4. The molecule has 0 aliphatic heterocycles. The third kappa shape index (κ3) is 9.39. The summed E-state index contributed by atoms with van der Waals surface area (Å²) in [5, 5.41) is 2.85. The number of carbonyl (C=O) groups is 2. The van der Waals surface area contributed by atoms with Crippen LogP contribution in [0.15, 0.2) is 30.8 Å². The topological polar surface area (TPSA) is 64.6 Å². The van der Waals surface area contributed by atoms with Crippen LogP contribution in [-0.4, -0.2) is 36.8 Å². The first-order valence-electron chi connectivity index (χ1n) is 10.1. The van der Waals surface area contributed by atoms with Crippen LogP contribution in [0.25, 0.3) is 5.57 Å². The van der Waals surface area contributed by atoms with Crippen LogP contribution in [0.5, 0.6) is 0 Å². The van der Waals surface area contributed by atoms with Gasteiger partial charge in [0.05, 0.1) is 11.5 Å². The van der Waals surface area contributed by atoms with Crippen molar-refractivity contribution in [1.82, 2.24) is 5.32 Å². The third-order valence-electron chi connectivity index (χ3n) is 4.46. The number of benzene rings is 1. The first-order chi connectivity index (χ1) is 13.7. The minimum Gasteiger partial charge on any atom is -0.462 e. The van der Waals surface area contributed by atoms with Crippen LogP contribution in [0, 0.1) is 5.92 Å². The molecule has 1 rings (SSSR count). The lowest BCUT2D eigenvalue weighted by Crippen LogP contribution is -2.41. The van der Waals surface area contributed by atoms with Crippen molar-refractivity contribution in [3.63, 3.8) is 0 Å². The second-order valence-corrected chi connectivity index (χ2v) is 8.89. The standard InChI is InChI=1S/C23H35NO4S/c1-7-8-14-29-16-18(4)21(25)27-12-13-28-22(26)24-23(5,6)20-11-9-10-19(15-20)17(2)3/h9-11,15,18H,2,7-8,12-14,16H2,1,3-6H3,(H,24,26). The summed E-state index contributed by atoms with van der Waals surface area (Å²) in [6, 6.07) is 7.88. The van der Waals surface area contributed by atoms with Gasteiger partial charge >= 0.3 is 12.1 Å². The van der Waals surface area contributed by atoms with Crippen molar-refractivity contribution < 1.29 is 19.1 Å². The summed E-state index contributed by atoms with van der Waals surface area (Å²) in [7, 11) is 0. The lowest BCUT2D eigenvalue weighted by atomic mass is 9.92. The second kappa shape index (κ2) is 12.6. The number of amides is 1. The van der Waals surface area contributed by atoms with Gasteiger partial charge in [0.25, 0.3) is 0 Å². The molecule has 0 spiro atoms. The summed E-state index contributed by atoms with van der Waals surface area (Å²) >= 11 is 1.76. The SMILES string of the molecule is C=C(C)c1cccc(C(C)(C)NC(=O)OCCOC(=O)C(C)CSCCCC)c1. The summed E-state index contributed by atoms with van der Waals surface area (Å²) in [5.74, 6) is 1.39. The molecule has 0 aliphatic rings. The number of hydrogen-bond donors (Lipinski definition) is 1. The fraction of sp³-hybridized carbons (Fsp3) is 0.565. The molecule has 0 aliphatic carbocycles. The highest BCUT2D eigenvalue weighted by atomic mass is 32.2. The fourth-order valence-electron chi connectivity index (χ4n) is 2.53. The largest absolute Gasteiger partial charge is 0.462 e. The van der Waals surface area contributed by atoms with Gasteiger partial charge in [-0.05, 0) is 50.1 Å². The van der Waals surface area contributed by atoms with Crippen LogP contribution in [0.3, 0.4) is 0 Å². The minimum atomic E-state index is -0.608. The number of ether oxygens (including phenoxy) is 2. The molecule has 1 amide bonds. The smallest absolute Gasteiger partial charge is 0.407 e. The Labute approximate surface area is 179 Å². The van der Waals surface area contributed by atoms with E-state index in [4.69, 9.17) is 9.47 Å². The van der Waals surface area contributed by atoms with Crippen molar-refractivity contribution in [2.24, 2.45) is 5.92 Å². The number of thioether (sulfide) groups is 1. The van der Waals surface area contributed by atoms with Gasteiger partial charge < -0.3 is 14.8 Å². The van der Waals surface area contributed by atoms with E-state index in [0.717, 1.165) is 41.0 Å². The summed E-state index contributed by atoms with van der Waals surface area (Å²) in [4.78, 5) is 24.1. The monoisotopic (exact) mass is 421 g/mol. The average Bonchev–Trinajstić information content (AvgIpc) is 2.68. The number of allylic oxidation sites excluding steroid dienone is 1. The highest BCUT2D eigenvalue weighted by Crippen LogP contribution is 2.23. The molecular weight excluding hydrogens is 386 g/mol. The van der Waals surface area contributed by atoms with Crippen molar-refractivity contribution >= 4 is 29.4 Å². The zero-order valence-corrected chi connectivity index (χ0v) is 19.2. The maximum absolute atomic E-state index is 12.1. The number of hydrogen-bond acceptors (Lipinski definition) is 5. The van der Waals surface area contributed by atoms with Crippen molar-refractivity contribution in [3.8, 4) is 0 Å². The maximum Gasteiger partial charge on any atom is 0.407 e. The molecule has 6 heteroatoms. The zero-order chi connectivity index (χ0) is 21.9. The van der Waals surface area contributed by atoms with Crippen molar-refractivity contribution in [2.75, 3.05) is 24.7 Å². The molecule has 5 nitrogen and oxygen atoms in total. The Morgan fingerprint density at radius 1 is 1.24 bits per heavy atom. The predicted molar refractivity (Wildman–Crippen MR) is 121 cm³/mol. The van der Waals surface area contributed by atoms with E-state index in [1.54, 1.807) is 11.8 Å². The highest BCUT2D eigenvalue weighted by molar-refractivity contribution is 7.99. The van der Waals surface area contributed by atoms with Crippen LogP contribution in [0.1, 0.15) is 58.6 Å². The predicted octanol–water partition coefficient (Wildman–Crippen LogP) is 5.39. The number of carbonyl (C=O) groups excluding carboxylic acids is 2. The van der Waals surface area contributed by atoms with Crippen LogP contribution < -0.4 is 5.32 Å². The molecule has 1 N–H and O–H groups in total. The molecule has 1 atom stereocenters. The number of alkyl carbamates (subject to hydrolysis) is 1. The van der Waals surface area contributed by atoms with Crippen molar-refractivity contribution in [2.45, 2.75) is 53.0 Å². The number of esters is 1. The first kappa shape index (κ1) is 25.1. The third-order valence-corrected chi connectivity index (χ3v) is 5.78. The Hall–Kier alpha value is -1.95. The Morgan fingerprint density at radius 3 is 2.59 bits per heavy atom. The average molecular weight is 422 g/mol. The quantitative estimate of drug-likeness (QED) is 0.362. The number of unbranched alkanes of at least 4 members (excludes halogenated alkanes) is 1. The normalized spacial score (nSPS) is 12.2. The molecule has 0 aromatic heterocycles. The number of nitrogens with one attached hydrogen (secondary N) is 1. The van der Waals surface area contributed by atoms with Gasteiger partial charge in [0, 0.05) is 5.75 Å². The Morgan fingerprint density at radius 2 is 1.93 bits per heavy atom. The summed E-state index contributed by atoms with van der Waals surface area (Å²) in [5.41, 5.74) is 2.34. The molecule has 0 saturated carbocycles. The van der Waals surface area contributed by atoms with Crippen LogP contribution in [-0.2, 0) is 19.8 Å². The van der Waals surface area contributed by atoms with E-state index in [2.05, 4.69) is 18.8 Å². The van der Waals surface area contributed by atoms with Gasteiger partial charge in [-0.15, -0.1) is 0 Å². The lowest BCUT2D eigenvalue weighted by molar-refractivity contribution is -0.148. The highest BCUT2D eigenvalue weighted by Gasteiger charge is 2.24. The van der Waals surface area contributed by atoms with Gasteiger partial charge in [-0.25, -0.2) is 4.79 Å². The Bertz CT molecular complexity index is 687. The molecule has 1 aromatic carbocycles. The maximum atomic E-state index is 12.1. The van der Waals surface area contributed by atoms with E-state index in [0.29, 0.717) is 0 Å². The molecule has 0 saturated heterocycles. The van der Waals surface area contributed by atoms with Crippen LogP contribution in [0.2, 0.25) is 0 Å². The van der Waals surface area contributed by atoms with Gasteiger partial charge in [-0.1, -0.05) is 50.6 Å². The molecule has 1 aromatic rings. The van der Waals surface area contributed by atoms with E-state index in [9.17, 15) is 9.59 Å². The van der Waals surface area contributed by atoms with Crippen LogP contribution in [0.4, 0.5) is 4.79 Å². The second-order valence-electron chi connectivity index (χ2n) is 7.74. The molecular formula is C23H35NO4S. The minimum absolute atomic E-state index is 0.0230. The zero-order valence-electron chi connectivity index (χ0n) is 18.4. The van der Waals surface area contributed by atoms with E-state index >= 15 is 0 Å². The summed E-state index contributed by atoms with van der Waals surface area (Å²) in [6.45, 7) is 13.8. The lowest BCUT2D eigenvalue weighted by Gasteiger charge is -2.27. The van der Waals surface area contributed by atoms with E-state index in [1.807, 2.05) is 52.0 Å². The van der Waals surface area contributed by atoms with E-state index < -0.39 is 11.6 Å². The molecule has 0 fully saturated rings. The molecule has 0 heterocycles. The van der Waals surface area contributed by atoms with Gasteiger partial charge in [0.1, 0.15) is 13.2 Å². The molecule has 0 radical (unpaired) electrons. The van der Waals surface area contributed by atoms with E-state index in [1.165, 1.54) is 0 Å². The van der Waals surface area contributed by atoms with Gasteiger partial charge in [0.2, 0.25) is 0 Å². The Balaban J connectivity index is 2.37. The van der Waals surface area contributed by atoms with Gasteiger partial charge in [-0.3, -0.25) is 4.79 Å². The molecule has 29 heavy (non-hydrogen) atoms. The Kier molecular flexibility index (Phi) is 10.9. The summed E-state index contributed by atoms with van der Waals surface area (Å²) in [6.07, 6.45) is 1.76. The van der Waals surface area contributed by atoms with Crippen molar-refractivity contribution in [1.29, 1.82) is 0 Å². The molecule has 0 bridgehead atoms.